The molecule has 12 heteroatoms. The van der Waals surface area contributed by atoms with Crippen molar-refractivity contribution in [2.75, 3.05) is 25.5 Å². The third-order valence-electron chi connectivity index (χ3n) is 3.83. The monoisotopic (exact) mass is 448 g/mol. The van der Waals surface area contributed by atoms with Crippen molar-refractivity contribution in [1.82, 2.24) is 10.6 Å². The largest absolute Gasteiger partial charge is 0.480 e. The summed E-state index contributed by atoms with van der Waals surface area (Å²) in [5.74, 6) is -7.51. The number of aliphatic carboxylic acids is 1. The number of rotatable bonds is 14. The van der Waals surface area contributed by atoms with E-state index in [0.29, 0.717) is 0 Å². The van der Waals surface area contributed by atoms with Crippen molar-refractivity contribution < 1.29 is 43.3 Å². The highest BCUT2D eigenvalue weighted by Crippen LogP contribution is 2.18. The summed E-state index contributed by atoms with van der Waals surface area (Å²) in [7, 11) is 0. The van der Waals surface area contributed by atoms with Gasteiger partial charge in [0, 0.05) is 19.1 Å². The highest BCUT2D eigenvalue weighted by atomic mass is 32.1. The van der Waals surface area contributed by atoms with Crippen LogP contribution in [0.3, 0.4) is 0 Å². The molecule has 3 N–H and O–H groups in total. The summed E-state index contributed by atoms with van der Waals surface area (Å²) in [5.41, 5.74) is 0. The van der Waals surface area contributed by atoms with Gasteiger partial charge in [-0.3, -0.25) is 24.0 Å². The molecule has 0 aliphatic rings. The van der Waals surface area contributed by atoms with Gasteiger partial charge in [0.2, 0.25) is 11.8 Å². The Morgan fingerprint density at radius 1 is 1.00 bits per heavy atom. The molecule has 0 aliphatic carbocycles. The minimum absolute atomic E-state index is 0.0259. The van der Waals surface area contributed by atoms with Gasteiger partial charge in [0.1, 0.15) is 24.3 Å². The van der Waals surface area contributed by atoms with E-state index in [1.807, 2.05) is 0 Å². The van der Waals surface area contributed by atoms with Gasteiger partial charge in [-0.2, -0.15) is 12.6 Å². The average Bonchev–Trinajstić information content (AvgIpc) is 2.66. The first-order chi connectivity index (χ1) is 14.1. The average molecular weight is 448 g/mol. The Bertz CT molecular complexity index is 654. The molecule has 0 saturated heterocycles. The van der Waals surface area contributed by atoms with E-state index in [1.54, 1.807) is 6.92 Å². The number of carboxylic acids is 1. The van der Waals surface area contributed by atoms with Gasteiger partial charge in [-0.25, -0.2) is 4.79 Å². The Hall–Kier alpha value is -2.63. The molecular weight excluding hydrogens is 420 g/mol. The van der Waals surface area contributed by atoms with Crippen molar-refractivity contribution in [2.45, 2.75) is 39.7 Å². The molecule has 170 valence electrons. The SMILES string of the molecule is CCOC(=O)C(C[C@@H](NC(C)=O)C(=O)OCC)C(=O)C[C@@H](CS)C(=O)NCC(=O)O. The van der Waals surface area contributed by atoms with Gasteiger partial charge in [0.05, 0.1) is 19.1 Å². The lowest BCUT2D eigenvalue weighted by Gasteiger charge is -2.22. The number of carbonyl (C=O) groups is 6. The van der Waals surface area contributed by atoms with Crippen molar-refractivity contribution in [2.24, 2.45) is 11.8 Å². The molecule has 2 amide bonds. The quantitative estimate of drug-likeness (QED) is 0.153. The maximum Gasteiger partial charge on any atom is 0.328 e. The molecule has 0 bridgehead atoms. The second-order valence-electron chi connectivity index (χ2n) is 6.21. The van der Waals surface area contributed by atoms with Crippen LogP contribution in [-0.4, -0.2) is 72.2 Å². The molecule has 0 aromatic heterocycles. The smallest absolute Gasteiger partial charge is 0.328 e. The Balaban J connectivity index is 5.50. The van der Waals surface area contributed by atoms with Crippen molar-refractivity contribution in [3.05, 3.63) is 0 Å². The summed E-state index contributed by atoms with van der Waals surface area (Å²) < 4.78 is 9.77. The van der Waals surface area contributed by atoms with Gasteiger partial charge in [-0.1, -0.05) is 0 Å². The zero-order valence-corrected chi connectivity index (χ0v) is 18.0. The fraction of sp³-hybridized carbons (Fsp3) is 0.667. The number of amides is 2. The molecule has 0 heterocycles. The summed E-state index contributed by atoms with van der Waals surface area (Å²) in [4.78, 5) is 71.3. The third-order valence-corrected chi connectivity index (χ3v) is 4.27. The van der Waals surface area contributed by atoms with Crippen LogP contribution in [0.4, 0.5) is 0 Å². The van der Waals surface area contributed by atoms with Gasteiger partial charge in [0.15, 0.2) is 0 Å². The molecule has 30 heavy (non-hydrogen) atoms. The molecule has 11 nitrogen and oxygen atoms in total. The number of ketones is 1. The summed E-state index contributed by atoms with van der Waals surface area (Å²) in [5, 5.41) is 13.1. The van der Waals surface area contributed by atoms with E-state index in [2.05, 4.69) is 23.3 Å². The van der Waals surface area contributed by atoms with Gasteiger partial charge in [-0.15, -0.1) is 0 Å². The van der Waals surface area contributed by atoms with Crippen LogP contribution in [0.15, 0.2) is 0 Å². The van der Waals surface area contributed by atoms with Crippen LogP contribution in [0, 0.1) is 11.8 Å². The molecule has 0 radical (unpaired) electrons. The van der Waals surface area contributed by atoms with Crippen LogP contribution >= 0.6 is 12.6 Å². The standard InChI is InChI=1S/C18H28N2O9S/c1-4-28-17(26)12(7-13(20-10(3)21)18(27)29-5-2)14(22)6-11(9-30)16(25)19-8-15(23)24/h11-13,30H,4-9H2,1-3H3,(H,19,25)(H,20,21)(H,23,24)/t11-,12?,13+/m0/s1. The van der Waals surface area contributed by atoms with Gasteiger partial charge < -0.3 is 25.2 Å². The van der Waals surface area contributed by atoms with Crippen LogP contribution in [0.1, 0.15) is 33.6 Å². The summed E-state index contributed by atoms with van der Waals surface area (Å²) >= 11 is 4.00. The topological polar surface area (TPSA) is 165 Å². The predicted molar refractivity (Wildman–Crippen MR) is 107 cm³/mol. The lowest BCUT2D eigenvalue weighted by molar-refractivity contribution is -0.154. The number of thiol groups is 1. The molecule has 0 spiro atoms. The molecule has 0 aromatic rings. The molecule has 1 unspecified atom stereocenters. The van der Waals surface area contributed by atoms with Crippen LogP contribution in [0.2, 0.25) is 0 Å². The van der Waals surface area contributed by atoms with Crippen molar-refractivity contribution in [3.63, 3.8) is 0 Å². The highest BCUT2D eigenvalue weighted by molar-refractivity contribution is 7.80. The minimum Gasteiger partial charge on any atom is -0.480 e. The summed E-state index contributed by atoms with van der Waals surface area (Å²) in [6.07, 6.45) is -0.847. The second kappa shape index (κ2) is 14.4. The molecule has 0 aliphatic heterocycles. The number of carboxylic acid groups (broad SMARTS) is 1. The Labute approximate surface area is 179 Å². The van der Waals surface area contributed by atoms with Crippen molar-refractivity contribution >= 4 is 48.1 Å². The first-order valence-corrected chi connectivity index (χ1v) is 9.93. The molecule has 0 fully saturated rings. The molecule has 3 atom stereocenters. The number of Topliss-reactive ketones (excluding diaryl/α,β-unsaturated/α-hetero) is 1. The molecular formula is C18H28N2O9S. The predicted octanol–water partition coefficient (Wildman–Crippen LogP) is -0.670. The van der Waals surface area contributed by atoms with Gasteiger partial charge in [0.25, 0.3) is 0 Å². The van der Waals surface area contributed by atoms with E-state index in [-0.39, 0.29) is 19.0 Å². The van der Waals surface area contributed by atoms with Crippen LogP contribution in [0.25, 0.3) is 0 Å². The lowest BCUT2D eigenvalue weighted by atomic mass is 9.89. The van der Waals surface area contributed by atoms with Crippen LogP contribution < -0.4 is 10.6 Å². The number of nitrogens with one attached hydrogen (secondary N) is 2. The second-order valence-corrected chi connectivity index (χ2v) is 6.57. The Morgan fingerprint density at radius 2 is 1.57 bits per heavy atom. The Kier molecular flexibility index (Phi) is 13.1. The zero-order chi connectivity index (χ0) is 23.3. The maximum atomic E-state index is 12.8. The van der Waals surface area contributed by atoms with Gasteiger partial charge in [-0.05, 0) is 20.3 Å². The number of carbonyl (C=O) groups excluding carboxylic acids is 5. The van der Waals surface area contributed by atoms with Gasteiger partial charge >= 0.3 is 17.9 Å². The van der Waals surface area contributed by atoms with E-state index in [4.69, 9.17) is 14.6 Å². The van der Waals surface area contributed by atoms with E-state index < -0.39 is 72.8 Å². The van der Waals surface area contributed by atoms with E-state index in [0.717, 1.165) is 6.92 Å². The first kappa shape index (κ1) is 27.4. The number of ether oxygens (including phenoxy) is 2. The lowest BCUT2D eigenvalue weighted by Crippen LogP contribution is -2.45. The number of esters is 2. The van der Waals surface area contributed by atoms with E-state index in [9.17, 15) is 28.8 Å². The van der Waals surface area contributed by atoms with Crippen LogP contribution in [0.5, 0.6) is 0 Å². The van der Waals surface area contributed by atoms with Crippen molar-refractivity contribution in [3.8, 4) is 0 Å². The molecule has 0 saturated carbocycles. The maximum absolute atomic E-state index is 12.8. The fourth-order valence-electron chi connectivity index (χ4n) is 2.47. The third kappa shape index (κ3) is 10.2. The fourth-order valence-corrected chi connectivity index (χ4v) is 2.77. The summed E-state index contributed by atoms with van der Waals surface area (Å²) in [6, 6.07) is -1.27. The number of hydrogen-bond donors (Lipinski definition) is 4. The van der Waals surface area contributed by atoms with Crippen LogP contribution in [-0.2, 0) is 38.2 Å². The van der Waals surface area contributed by atoms with E-state index >= 15 is 0 Å². The zero-order valence-electron chi connectivity index (χ0n) is 17.1. The normalized spacial score (nSPS) is 13.3. The number of hydrogen-bond acceptors (Lipinski definition) is 9. The van der Waals surface area contributed by atoms with E-state index in [1.165, 1.54) is 6.92 Å². The molecule has 0 aromatic carbocycles. The summed E-state index contributed by atoms with van der Waals surface area (Å²) in [6.45, 7) is 3.62. The highest BCUT2D eigenvalue weighted by Gasteiger charge is 2.36. The molecule has 0 rings (SSSR count). The Morgan fingerprint density at radius 3 is 2.03 bits per heavy atom. The minimum atomic E-state index is -1.44. The first-order valence-electron chi connectivity index (χ1n) is 9.30. The van der Waals surface area contributed by atoms with Crippen molar-refractivity contribution in [1.29, 1.82) is 0 Å².